The summed E-state index contributed by atoms with van der Waals surface area (Å²) in [4.78, 5) is 39.2. The van der Waals surface area contributed by atoms with Crippen LogP contribution in [0.25, 0.3) is 6.20 Å². The summed E-state index contributed by atoms with van der Waals surface area (Å²) in [6, 6.07) is 0. The van der Waals surface area contributed by atoms with Gasteiger partial charge in [-0.05, 0) is 12.2 Å². The van der Waals surface area contributed by atoms with Gasteiger partial charge in [0.15, 0.2) is 0 Å². The van der Waals surface area contributed by atoms with Gasteiger partial charge in [0.1, 0.15) is 0 Å². The Hall–Kier alpha value is -3.69. The normalized spacial score (nSPS) is 24.5. The minimum atomic E-state index is -1.67. The molecule has 1 aromatic heterocycles. The number of nitrogens with zero attached hydrogens (tertiary/aromatic N) is 6. The molecule has 0 amide bonds. The lowest BCUT2D eigenvalue weighted by atomic mass is 10.2. The Kier molecular flexibility index (Phi) is 3.46. The average molecular weight is 354 g/mol. The fourth-order valence-corrected chi connectivity index (χ4v) is 3.13. The number of aromatic nitrogens is 2. The summed E-state index contributed by atoms with van der Waals surface area (Å²) >= 11 is 0. The molecule has 3 aliphatic rings. The third-order valence-electron chi connectivity index (χ3n) is 4.23. The van der Waals surface area contributed by atoms with Gasteiger partial charge in [-0.1, -0.05) is 0 Å². The van der Waals surface area contributed by atoms with Crippen LogP contribution in [0.3, 0.4) is 0 Å². The number of rotatable bonds is 2. The quantitative estimate of drug-likeness (QED) is 0.789. The Morgan fingerprint density at radius 2 is 1.96 bits per heavy atom. The molecule has 0 fully saturated rings. The van der Waals surface area contributed by atoms with Crippen LogP contribution in [0.15, 0.2) is 46.4 Å². The second-order valence-electron chi connectivity index (χ2n) is 5.77. The fourth-order valence-electron chi connectivity index (χ4n) is 3.13. The van der Waals surface area contributed by atoms with Gasteiger partial charge in [0.25, 0.3) is 0 Å². The Labute approximate surface area is 147 Å². The van der Waals surface area contributed by atoms with Crippen molar-refractivity contribution in [3.8, 4) is 0 Å². The van der Waals surface area contributed by atoms with Gasteiger partial charge in [-0.3, -0.25) is 4.99 Å². The zero-order valence-corrected chi connectivity index (χ0v) is 13.4. The van der Waals surface area contributed by atoms with E-state index in [1.165, 1.54) is 28.1 Å². The van der Waals surface area contributed by atoms with Crippen molar-refractivity contribution in [2.75, 3.05) is 6.54 Å². The summed E-state index contributed by atoms with van der Waals surface area (Å²) in [6.07, 6.45) is 12.6. The van der Waals surface area contributed by atoms with Crippen molar-refractivity contribution in [3.63, 3.8) is 0 Å². The highest BCUT2D eigenvalue weighted by molar-refractivity contribution is 5.86. The molecule has 0 spiro atoms. The molecule has 10 heteroatoms. The lowest BCUT2D eigenvalue weighted by molar-refractivity contribution is -0.156. The predicted molar refractivity (Wildman–Crippen MR) is 91.3 cm³/mol. The Bertz CT molecular complexity index is 941. The van der Waals surface area contributed by atoms with E-state index in [1.54, 1.807) is 35.6 Å². The van der Waals surface area contributed by atoms with E-state index in [2.05, 4.69) is 15.0 Å². The van der Waals surface area contributed by atoms with Gasteiger partial charge in [-0.2, -0.15) is 0 Å². The first kappa shape index (κ1) is 15.8. The number of carboxylic acid groups (broad SMARTS) is 2. The van der Waals surface area contributed by atoms with Crippen molar-refractivity contribution in [3.05, 3.63) is 48.0 Å². The molecule has 10 nitrogen and oxygen atoms in total. The predicted octanol–water partition coefficient (Wildman–Crippen LogP) is 0.432. The van der Waals surface area contributed by atoms with E-state index >= 15 is 0 Å². The molecule has 3 aliphatic heterocycles. The second kappa shape index (κ2) is 5.69. The molecule has 2 N–H and O–H groups in total. The van der Waals surface area contributed by atoms with E-state index in [1.807, 2.05) is 0 Å². The number of carbonyl (C=O) groups is 2. The van der Waals surface area contributed by atoms with Crippen molar-refractivity contribution in [2.24, 2.45) is 9.98 Å². The van der Waals surface area contributed by atoms with Crippen LogP contribution in [0.2, 0.25) is 0 Å². The number of aromatic carboxylic acids is 1. The van der Waals surface area contributed by atoms with Crippen LogP contribution in [0.4, 0.5) is 0 Å². The number of imidazole rings is 1. The number of hydrogen-bond donors (Lipinski definition) is 2. The molecule has 0 saturated carbocycles. The molecule has 2 bridgehead atoms. The molecular weight excluding hydrogens is 340 g/mol. The lowest BCUT2D eigenvalue weighted by Crippen LogP contribution is -2.57. The Balaban J connectivity index is 1.84. The van der Waals surface area contributed by atoms with E-state index in [0.717, 1.165) is 0 Å². The molecule has 0 aromatic carbocycles. The number of aliphatic carboxylic acids is 1. The monoisotopic (exact) mass is 354 g/mol. The molecule has 1 atom stereocenters. The van der Waals surface area contributed by atoms with Gasteiger partial charge in [0.2, 0.25) is 5.82 Å². The second-order valence-corrected chi connectivity index (χ2v) is 5.77. The van der Waals surface area contributed by atoms with Crippen molar-refractivity contribution >= 4 is 30.6 Å². The number of carboxylic acids is 2. The summed E-state index contributed by atoms with van der Waals surface area (Å²) < 4.78 is 1.36. The summed E-state index contributed by atoms with van der Waals surface area (Å²) in [7, 11) is 0. The summed E-state index contributed by atoms with van der Waals surface area (Å²) in [5.74, 6) is -4.17. The van der Waals surface area contributed by atoms with Crippen LogP contribution < -0.4 is 0 Å². The smallest absolute Gasteiger partial charge is 0.375 e. The fraction of sp³-hybridized carbons (Fsp3) is 0.188. The highest BCUT2D eigenvalue weighted by Gasteiger charge is 2.54. The van der Waals surface area contributed by atoms with Gasteiger partial charge >= 0.3 is 17.7 Å². The van der Waals surface area contributed by atoms with Crippen molar-refractivity contribution < 1.29 is 19.8 Å². The summed E-state index contributed by atoms with van der Waals surface area (Å²) in [6.45, 7) is 0.318. The van der Waals surface area contributed by atoms with Crippen LogP contribution >= 0.6 is 0 Å². The zero-order chi connectivity index (χ0) is 18.3. The first-order valence-electron chi connectivity index (χ1n) is 7.72. The standard InChI is InChI=1S/C16H14N6O4/c23-14(24)13-19-11-8-20(13)5-1-3-17-7-12-10-21-6-2-4-18-16(21,15(25)26)22(12)9-11/h1-6,8,10H,7,9H2,(H,23,24)(H,25,26)/b5-1+,17-3?/t16-/m0/s1. The highest BCUT2D eigenvalue weighted by Crippen LogP contribution is 2.37. The molecule has 0 aliphatic carbocycles. The minimum absolute atomic E-state index is 0.0659. The Morgan fingerprint density at radius 3 is 2.73 bits per heavy atom. The van der Waals surface area contributed by atoms with E-state index < -0.39 is 17.7 Å². The number of aliphatic imine (C=N–C) groups is 2. The molecule has 4 heterocycles. The summed E-state index contributed by atoms with van der Waals surface area (Å²) in [5.41, 5.74) is 1.04. The van der Waals surface area contributed by atoms with Crippen LogP contribution in [-0.4, -0.2) is 66.3 Å². The van der Waals surface area contributed by atoms with E-state index in [0.29, 0.717) is 11.4 Å². The highest BCUT2D eigenvalue weighted by atomic mass is 16.4. The first-order valence-corrected chi connectivity index (χ1v) is 7.72. The van der Waals surface area contributed by atoms with Crippen LogP contribution in [-0.2, 0) is 11.3 Å². The minimum Gasteiger partial charge on any atom is -0.477 e. The van der Waals surface area contributed by atoms with Crippen molar-refractivity contribution in [2.45, 2.75) is 12.3 Å². The topological polar surface area (TPSA) is 124 Å². The van der Waals surface area contributed by atoms with Crippen LogP contribution in [0.5, 0.6) is 0 Å². The number of allylic oxidation sites excluding steroid dienone is 2. The van der Waals surface area contributed by atoms with Crippen LogP contribution in [0, 0.1) is 0 Å². The number of fused-ring (bicyclic) bond motifs is 5. The van der Waals surface area contributed by atoms with E-state index in [-0.39, 0.29) is 18.9 Å². The van der Waals surface area contributed by atoms with Gasteiger partial charge < -0.3 is 24.6 Å². The number of hydrogen-bond acceptors (Lipinski definition) is 7. The maximum Gasteiger partial charge on any atom is 0.375 e. The molecular formula is C16H14N6O4. The maximum atomic E-state index is 12.1. The summed E-state index contributed by atoms with van der Waals surface area (Å²) in [5, 5.41) is 19.2. The Morgan fingerprint density at radius 1 is 1.15 bits per heavy atom. The largest absolute Gasteiger partial charge is 0.477 e. The lowest BCUT2D eigenvalue weighted by Gasteiger charge is -2.39. The van der Waals surface area contributed by atoms with Gasteiger partial charge in [-0.15, -0.1) is 0 Å². The molecule has 132 valence electrons. The van der Waals surface area contributed by atoms with E-state index in [9.17, 15) is 19.8 Å². The SMILES string of the molecule is O=C(O)c1nc2cn1/C=C/C=NCC1=CN3C=CC=N[C@]3(C(=O)O)N1C2. The van der Waals surface area contributed by atoms with Gasteiger partial charge in [0.05, 0.1) is 24.5 Å². The molecule has 26 heavy (non-hydrogen) atoms. The van der Waals surface area contributed by atoms with Crippen molar-refractivity contribution in [1.82, 2.24) is 19.4 Å². The average Bonchev–Trinajstić information content (AvgIpc) is 3.13. The third kappa shape index (κ3) is 2.23. The van der Waals surface area contributed by atoms with Gasteiger partial charge in [0, 0.05) is 37.2 Å². The van der Waals surface area contributed by atoms with Gasteiger partial charge in [-0.25, -0.2) is 19.6 Å². The molecule has 0 unspecified atom stereocenters. The van der Waals surface area contributed by atoms with Crippen LogP contribution in [0.1, 0.15) is 16.3 Å². The molecule has 1 aromatic rings. The maximum absolute atomic E-state index is 12.1. The first-order chi connectivity index (χ1) is 12.5. The van der Waals surface area contributed by atoms with Crippen molar-refractivity contribution in [1.29, 1.82) is 0 Å². The zero-order valence-electron chi connectivity index (χ0n) is 13.4. The molecule has 4 rings (SSSR count). The van der Waals surface area contributed by atoms with E-state index in [4.69, 9.17) is 0 Å². The molecule has 0 saturated heterocycles. The third-order valence-corrected chi connectivity index (χ3v) is 4.23. The molecule has 0 radical (unpaired) electrons.